The molecule has 1 rings (SSSR count). The lowest BCUT2D eigenvalue weighted by molar-refractivity contribution is -0.122. The topological polar surface area (TPSA) is 29.1 Å². The molecule has 1 unspecified atom stereocenters. The number of hydrogen-bond acceptors (Lipinski definition) is 1. The second-order valence-corrected chi connectivity index (χ2v) is 6.40. The molecule has 1 aliphatic carbocycles. The van der Waals surface area contributed by atoms with Crippen molar-refractivity contribution in [3.8, 4) is 0 Å². The van der Waals surface area contributed by atoms with Gasteiger partial charge >= 0.3 is 0 Å². The first-order valence-corrected chi connectivity index (χ1v) is 8.09. The van der Waals surface area contributed by atoms with Gasteiger partial charge in [-0.2, -0.15) is 0 Å². The normalized spacial score (nSPS) is 19.3. The summed E-state index contributed by atoms with van der Waals surface area (Å²) in [7, 11) is 0. The largest absolute Gasteiger partial charge is 0.353 e. The molecule has 17 heavy (non-hydrogen) atoms. The van der Waals surface area contributed by atoms with Crippen LogP contribution in [0.4, 0.5) is 0 Å². The van der Waals surface area contributed by atoms with Crippen molar-refractivity contribution in [1.82, 2.24) is 5.32 Å². The van der Waals surface area contributed by atoms with E-state index in [9.17, 15) is 4.79 Å². The number of carbonyl (C=O) groups excluding carboxylic acids is 1. The lowest BCUT2D eigenvalue weighted by Gasteiger charge is -2.23. The molecule has 1 aliphatic rings. The maximum atomic E-state index is 11.9. The lowest BCUT2D eigenvalue weighted by atomic mass is 9.87. The van der Waals surface area contributed by atoms with Gasteiger partial charge in [-0.25, -0.2) is 0 Å². The van der Waals surface area contributed by atoms with Crippen molar-refractivity contribution in [2.75, 3.05) is 5.33 Å². The van der Waals surface area contributed by atoms with Gasteiger partial charge in [-0.1, -0.05) is 49.0 Å². The van der Waals surface area contributed by atoms with Gasteiger partial charge in [0.1, 0.15) is 0 Å². The second kappa shape index (κ2) is 8.12. The standard InChI is InChI=1S/C14H26BrNO/c1-11(2)8-13(10-15)16-14(17)9-12-6-4-3-5-7-12/h11-13H,3-10H2,1-2H3,(H,16,17). The molecule has 0 aromatic rings. The van der Waals surface area contributed by atoms with Crippen LogP contribution in [0.25, 0.3) is 0 Å². The minimum Gasteiger partial charge on any atom is -0.353 e. The van der Waals surface area contributed by atoms with Gasteiger partial charge in [0.15, 0.2) is 0 Å². The van der Waals surface area contributed by atoms with E-state index >= 15 is 0 Å². The Bertz CT molecular complexity index is 224. The zero-order valence-corrected chi connectivity index (χ0v) is 12.8. The van der Waals surface area contributed by atoms with Crippen LogP contribution in [0.2, 0.25) is 0 Å². The van der Waals surface area contributed by atoms with Crippen molar-refractivity contribution < 1.29 is 4.79 Å². The Morgan fingerprint density at radius 2 is 1.94 bits per heavy atom. The van der Waals surface area contributed by atoms with Gasteiger partial charge in [0.05, 0.1) is 0 Å². The van der Waals surface area contributed by atoms with E-state index in [2.05, 4.69) is 35.1 Å². The molecule has 1 atom stereocenters. The Morgan fingerprint density at radius 3 is 2.47 bits per heavy atom. The summed E-state index contributed by atoms with van der Waals surface area (Å²) < 4.78 is 0. The molecule has 100 valence electrons. The summed E-state index contributed by atoms with van der Waals surface area (Å²) in [5.74, 6) is 1.52. The molecule has 0 saturated heterocycles. The van der Waals surface area contributed by atoms with Crippen LogP contribution in [0.15, 0.2) is 0 Å². The van der Waals surface area contributed by atoms with E-state index in [0.29, 0.717) is 17.9 Å². The molecule has 1 N–H and O–H groups in total. The highest BCUT2D eigenvalue weighted by Crippen LogP contribution is 2.26. The summed E-state index contributed by atoms with van der Waals surface area (Å²) in [6.07, 6.45) is 8.27. The van der Waals surface area contributed by atoms with Gasteiger partial charge in [0.25, 0.3) is 0 Å². The fourth-order valence-corrected chi connectivity index (χ4v) is 3.10. The van der Waals surface area contributed by atoms with Gasteiger partial charge in [-0.3, -0.25) is 4.79 Å². The Kier molecular flexibility index (Phi) is 7.17. The van der Waals surface area contributed by atoms with Gasteiger partial charge in [-0.05, 0) is 31.1 Å². The van der Waals surface area contributed by atoms with Crippen molar-refractivity contribution in [2.45, 2.75) is 64.8 Å². The summed E-state index contributed by atoms with van der Waals surface area (Å²) in [6.45, 7) is 4.39. The first-order valence-electron chi connectivity index (χ1n) is 6.97. The molecule has 0 radical (unpaired) electrons. The zero-order chi connectivity index (χ0) is 12.7. The molecule has 2 nitrogen and oxygen atoms in total. The highest BCUT2D eigenvalue weighted by atomic mass is 79.9. The molecule has 1 fully saturated rings. The first kappa shape index (κ1) is 15.0. The van der Waals surface area contributed by atoms with Crippen molar-refractivity contribution in [1.29, 1.82) is 0 Å². The van der Waals surface area contributed by atoms with Crippen LogP contribution < -0.4 is 5.32 Å². The first-order chi connectivity index (χ1) is 8.11. The molecule has 0 spiro atoms. The monoisotopic (exact) mass is 303 g/mol. The SMILES string of the molecule is CC(C)CC(CBr)NC(=O)CC1CCCCC1. The predicted octanol–water partition coefficient (Wildman–Crippen LogP) is 3.88. The number of nitrogens with one attached hydrogen (secondary N) is 1. The minimum atomic E-state index is 0.252. The molecule has 0 heterocycles. The van der Waals surface area contributed by atoms with Gasteiger partial charge in [0.2, 0.25) is 5.91 Å². The molecule has 0 aliphatic heterocycles. The van der Waals surface area contributed by atoms with Crippen molar-refractivity contribution in [3.05, 3.63) is 0 Å². The number of rotatable bonds is 6. The van der Waals surface area contributed by atoms with Gasteiger partial charge in [-0.15, -0.1) is 0 Å². The summed E-state index contributed by atoms with van der Waals surface area (Å²) in [6, 6.07) is 0.297. The van der Waals surface area contributed by atoms with E-state index in [1.54, 1.807) is 0 Å². The zero-order valence-electron chi connectivity index (χ0n) is 11.2. The number of halogens is 1. The average molecular weight is 304 g/mol. The van der Waals surface area contributed by atoms with Crippen LogP contribution in [0.1, 0.15) is 58.8 Å². The highest BCUT2D eigenvalue weighted by Gasteiger charge is 2.19. The molecule has 1 saturated carbocycles. The van der Waals surface area contributed by atoms with E-state index in [1.807, 2.05) is 0 Å². The van der Waals surface area contributed by atoms with E-state index in [-0.39, 0.29) is 5.91 Å². The van der Waals surface area contributed by atoms with Crippen molar-refractivity contribution in [2.24, 2.45) is 11.8 Å². The third-order valence-corrected chi connectivity index (χ3v) is 4.29. The van der Waals surface area contributed by atoms with E-state index in [4.69, 9.17) is 0 Å². The maximum absolute atomic E-state index is 11.9. The number of amides is 1. The highest BCUT2D eigenvalue weighted by molar-refractivity contribution is 9.09. The number of alkyl halides is 1. The summed E-state index contributed by atoms with van der Waals surface area (Å²) >= 11 is 3.48. The predicted molar refractivity (Wildman–Crippen MR) is 76.4 cm³/mol. The van der Waals surface area contributed by atoms with Crippen molar-refractivity contribution in [3.63, 3.8) is 0 Å². The Balaban J connectivity index is 2.26. The number of hydrogen-bond donors (Lipinski definition) is 1. The van der Waals surface area contributed by atoms with E-state index in [1.165, 1.54) is 32.1 Å². The Hall–Kier alpha value is -0.0500. The summed E-state index contributed by atoms with van der Waals surface area (Å²) in [4.78, 5) is 11.9. The molecule has 0 aromatic carbocycles. The molecule has 3 heteroatoms. The third-order valence-electron chi connectivity index (χ3n) is 3.51. The second-order valence-electron chi connectivity index (χ2n) is 5.76. The smallest absolute Gasteiger partial charge is 0.220 e. The van der Waals surface area contributed by atoms with Gasteiger partial charge < -0.3 is 5.32 Å². The Morgan fingerprint density at radius 1 is 1.29 bits per heavy atom. The lowest BCUT2D eigenvalue weighted by Crippen LogP contribution is -2.38. The van der Waals surface area contributed by atoms with Crippen molar-refractivity contribution >= 4 is 21.8 Å². The quantitative estimate of drug-likeness (QED) is 0.741. The summed E-state index contributed by atoms with van der Waals surface area (Å²) in [5.41, 5.74) is 0. The summed E-state index contributed by atoms with van der Waals surface area (Å²) in [5, 5.41) is 4.02. The average Bonchev–Trinajstić information content (AvgIpc) is 2.28. The van der Waals surface area contributed by atoms with Crippen LogP contribution in [-0.4, -0.2) is 17.3 Å². The Labute approximate surface area is 114 Å². The molecular formula is C14H26BrNO. The van der Waals surface area contributed by atoms with Crippen LogP contribution in [-0.2, 0) is 4.79 Å². The fourth-order valence-electron chi connectivity index (χ4n) is 2.67. The van der Waals surface area contributed by atoms with Crippen LogP contribution >= 0.6 is 15.9 Å². The fraction of sp³-hybridized carbons (Fsp3) is 0.929. The van der Waals surface area contributed by atoms with E-state index in [0.717, 1.165) is 18.2 Å². The van der Waals surface area contributed by atoms with Crippen LogP contribution in [0, 0.1) is 11.8 Å². The molecule has 1 amide bonds. The van der Waals surface area contributed by atoms with Gasteiger partial charge in [0, 0.05) is 17.8 Å². The van der Waals surface area contributed by atoms with Crippen LogP contribution in [0.5, 0.6) is 0 Å². The molecule has 0 bridgehead atoms. The number of carbonyl (C=O) groups is 1. The van der Waals surface area contributed by atoms with E-state index < -0.39 is 0 Å². The molecule has 0 aromatic heterocycles. The molecular weight excluding hydrogens is 278 g/mol. The van der Waals surface area contributed by atoms with Crippen LogP contribution in [0.3, 0.4) is 0 Å². The minimum absolute atomic E-state index is 0.252. The third kappa shape index (κ3) is 6.44. The maximum Gasteiger partial charge on any atom is 0.220 e.